The monoisotopic (exact) mass is 275 g/mol. The van der Waals surface area contributed by atoms with Gasteiger partial charge in [0.25, 0.3) is 0 Å². The van der Waals surface area contributed by atoms with Crippen LogP contribution in [0.2, 0.25) is 0 Å². The van der Waals surface area contributed by atoms with Crippen LogP contribution in [0, 0.1) is 11.3 Å². The van der Waals surface area contributed by atoms with Crippen molar-refractivity contribution in [3.63, 3.8) is 0 Å². The highest BCUT2D eigenvalue weighted by atomic mass is 19.3. The summed E-state index contributed by atoms with van der Waals surface area (Å²) in [5.41, 5.74) is 1.35. The van der Waals surface area contributed by atoms with E-state index in [2.05, 4.69) is 19.8 Å². The summed E-state index contributed by atoms with van der Waals surface area (Å²) >= 11 is 0. The third kappa shape index (κ3) is 2.19. The number of ether oxygens (including phenoxy) is 2. The Kier molecular flexibility index (Phi) is 2.64. The third-order valence-corrected chi connectivity index (χ3v) is 2.62. The number of nitriles is 1. The van der Waals surface area contributed by atoms with Crippen molar-refractivity contribution < 1.29 is 18.3 Å². The Hall–Kier alpha value is -2.88. The van der Waals surface area contributed by atoms with Crippen molar-refractivity contribution >= 4 is 11.4 Å². The Balaban J connectivity index is 1.89. The van der Waals surface area contributed by atoms with Crippen LogP contribution in [0.3, 0.4) is 0 Å². The molecule has 0 amide bonds. The van der Waals surface area contributed by atoms with E-state index in [1.165, 1.54) is 30.6 Å². The standard InChI is InChI=1S/C13H7F2N3O2/c14-13(15)19-11-2-1-9(5-12(11)20-13)18-10-7-17-4-3-8(10)6-16/h1-5,7,18H. The molecule has 0 atom stereocenters. The van der Waals surface area contributed by atoms with Crippen LogP contribution in [-0.2, 0) is 0 Å². The molecule has 0 spiro atoms. The zero-order chi connectivity index (χ0) is 14.2. The fraction of sp³-hybridized carbons (Fsp3) is 0.0769. The summed E-state index contributed by atoms with van der Waals surface area (Å²) in [6.45, 7) is 0. The first kappa shape index (κ1) is 12.2. The van der Waals surface area contributed by atoms with Gasteiger partial charge in [0.15, 0.2) is 11.5 Å². The van der Waals surface area contributed by atoms with Crippen LogP contribution < -0.4 is 14.8 Å². The van der Waals surface area contributed by atoms with E-state index >= 15 is 0 Å². The molecule has 100 valence electrons. The number of fused-ring (bicyclic) bond motifs is 1. The van der Waals surface area contributed by atoms with Gasteiger partial charge in [-0.25, -0.2) is 0 Å². The van der Waals surface area contributed by atoms with Crippen molar-refractivity contribution in [1.29, 1.82) is 5.26 Å². The first-order valence-electron chi connectivity index (χ1n) is 5.58. The van der Waals surface area contributed by atoms with E-state index < -0.39 is 6.29 Å². The van der Waals surface area contributed by atoms with E-state index in [-0.39, 0.29) is 11.5 Å². The Morgan fingerprint density at radius 2 is 2.00 bits per heavy atom. The normalized spacial score (nSPS) is 14.7. The zero-order valence-corrected chi connectivity index (χ0v) is 9.93. The number of benzene rings is 1. The van der Waals surface area contributed by atoms with Crippen LogP contribution in [0.25, 0.3) is 0 Å². The summed E-state index contributed by atoms with van der Waals surface area (Å²) in [5, 5.41) is 11.9. The summed E-state index contributed by atoms with van der Waals surface area (Å²) in [4.78, 5) is 3.90. The van der Waals surface area contributed by atoms with Gasteiger partial charge in [0, 0.05) is 18.0 Å². The van der Waals surface area contributed by atoms with E-state index in [0.717, 1.165) is 0 Å². The quantitative estimate of drug-likeness (QED) is 0.912. The molecule has 0 saturated heterocycles. The fourth-order valence-corrected chi connectivity index (χ4v) is 1.77. The molecule has 3 rings (SSSR count). The van der Waals surface area contributed by atoms with Crippen molar-refractivity contribution in [3.05, 3.63) is 42.2 Å². The molecule has 1 N–H and O–H groups in total. The van der Waals surface area contributed by atoms with Gasteiger partial charge in [-0.2, -0.15) is 5.26 Å². The van der Waals surface area contributed by atoms with Crippen molar-refractivity contribution in [2.24, 2.45) is 0 Å². The fourth-order valence-electron chi connectivity index (χ4n) is 1.77. The highest BCUT2D eigenvalue weighted by Crippen LogP contribution is 2.42. The predicted octanol–water partition coefficient (Wildman–Crippen LogP) is 3.02. The van der Waals surface area contributed by atoms with E-state index in [0.29, 0.717) is 16.9 Å². The highest BCUT2D eigenvalue weighted by Gasteiger charge is 2.43. The molecule has 0 bridgehead atoms. The Morgan fingerprint density at radius 3 is 2.80 bits per heavy atom. The zero-order valence-electron chi connectivity index (χ0n) is 9.93. The number of aromatic nitrogens is 1. The maximum Gasteiger partial charge on any atom is 0.586 e. The summed E-state index contributed by atoms with van der Waals surface area (Å²) in [7, 11) is 0. The average molecular weight is 275 g/mol. The second-order valence-corrected chi connectivity index (χ2v) is 3.99. The summed E-state index contributed by atoms with van der Waals surface area (Å²) in [6.07, 6.45) is -0.686. The lowest BCUT2D eigenvalue weighted by Gasteiger charge is -2.07. The number of pyridine rings is 1. The van der Waals surface area contributed by atoms with Crippen molar-refractivity contribution in [1.82, 2.24) is 4.98 Å². The minimum atomic E-state index is -3.65. The molecule has 1 aromatic carbocycles. The maximum atomic E-state index is 12.9. The Morgan fingerprint density at radius 1 is 1.20 bits per heavy atom. The summed E-state index contributed by atoms with van der Waals surface area (Å²) in [5.74, 6) is -0.102. The Labute approximate surface area is 112 Å². The number of halogens is 2. The second-order valence-electron chi connectivity index (χ2n) is 3.99. The lowest BCUT2D eigenvalue weighted by Crippen LogP contribution is -2.25. The molecule has 20 heavy (non-hydrogen) atoms. The van der Waals surface area contributed by atoms with Crippen molar-refractivity contribution in [3.8, 4) is 17.6 Å². The number of hydrogen-bond donors (Lipinski definition) is 1. The number of alkyl halides is 2. The van der Waals surface area contributed by atoms with E-state index in [4.69, 9.17) is 5.26 Å². The van der Waals surface area contributed by atoms with Gasteiger partial charge < -0.3 is 14.8 Å². The highest BCUT2D eigenvalue weighted by molar-refractivity contribution is 5.67. The van der Waals surface area contributed by atoms with Crippen LogP contribution in [-0.4, -0.2) is 11.3 Å². The largest absolute Gasteiger partial charge is 0.586 e. The van der Waals surface area contributed by atoms with Crippen molar-refractivity contribution in [2.45, 2.75) is 6.29 Å². The molecule has 1 aliphatic rings. The maximum absolute atomic E-state index is 12.9. The van der Waals surface area contributed by atoms with Gasteiger partial charge in [0.2, 0.25) is 0 Å². The van der Waals surface area contributed by atoms with Crippen LogP contribution in [0.4, 0.5) is 20.2 Å². The molecule has 0 fully saturated rings. The molecule has 2 aromatic rings. The van der Waals surface area contributed by atoms with Gasteiger partial charge in [-0.3, -0.25) is 4.98 Å². The smallest absolute Gasteiger partial charge is 0.395 e. The molecule has 7 heteroatoms. The van der Waals surface area contributed by atoms with E-state index in [9.17, 15) is 8.78 Å². The minimum Gasteiger partial charge on any atom is -0.395 e. The molecule has 0 radical (unpaired) electrons. The molecule has 2 heterocycles. The number of hydrogen-bond acceptors (Lipinski definition) is 5. The molecule has 0 saturated carbocycles. The third-order valence-electron chi connectivity index (χ3n) is 2.62. The van der Waals surface area contributed by atoms with Gasteiger partial charge in [0.1, 0.15) is 6.07 Å². The first-order valence-corrected chi connectivity index (χ1v) is 5.58. The topological polar surface area (TPSA) is 67.2 Å². The Bertz CT molecular complexity index is 713. The minimum absolute atomic E-state index is 0.0350. The molecule has 0 unspecified atom stereocenters. The molecule has 0 aliphatic carbocycles. The predicted molar refractivity (Wildman–Crippen MR) is 64.9 cm³/mol. The molecule has 5 nitrogen and oxygen atoms in total. The molecular formula is C13H7F2N3O2. The van der Waals surface area contributed by atoms with Gasteiger partial charge in [-0.15, -0.1) is 8.78 Å². The number of anilines is 2. The lowest BCUT2D eigenvalue weighted by molar-refractivity contribution is -0.286. The van der Waals surface area contributed by atoms with E-state index in [1.807, 2.05) is 6.07 Å². The first-order chi connectivity index (χ1) is 9.57. The average Bonchev–Trinajstić information content (AvgIpc) is 2.72. The van der Waals surface area contributed by atoms with Gasteiger partial charge >= 0.3 is 6.29 Å². The van der Waals surface area contributed by atoms with E-state index in [1.54, 1.807) is 6.07 Å². The summed E-state index contributed by atoms with van der Waals surface area (Å²) < 4.78 is 34.4. The van der Waals surface area contributed by atoms with Crippen LogP contribution in [0.15, 0.2) is 36.7 Å². The summed E-state index contributed by atoms with van der Waals surface area (Å²) in [6, 6.07) is 7.81. The molecule has 1 aromatic heterocycles. The molecule has 1 aliphatic heterocycles. The number of rotatable bonds is 2. The van der Waals surface area contributed by atoms with Gasteiger partial charge in [-0.1, -0.05) is 0 Å². The van der Waals surface area contributed by atoms with Crippen LogP contribution in [0.5, 0.6) is 11.5 Å². The second kappa shape index (κ2) is 4.35. The van der Waals surface area contributed by atoms with Crippen LogP contribution in [0.1, 0.15) is 5.56 Å². The van der Waals surface area contributed by atoms with Crippen LogP contribution >= 0.6 is 0 Å². The SMILES string of the molecule is N#Cc1ccncc1Nc1ccc2c(c1)OC(F)(F)O2. The van der Waals surface area contributed by atoms with Gasteiger partial charge in [0.05, 0.1) is 17.4 Å². The number of nitrogens with zero attached hydrogens (tertiary/aromatic N) is 2. The van der Waals surface area contributed by atoms with Gasteiger partial charge in [-0.05, 0) is 18.2 Å². The number of nitrogens with one attached hydrogen (secondary N) is 1. The van der Waals surface area contributed by atoms with Crippen molar-refractivity contribution in [2.75, 3.05) is 5.32 Å². The molecular weight excluding hydrogens is 268 g/mol. The lowest BCUT2D eigenvalue weighted by atomic mass is 10.2.